The lowest BCUT2D eigenvalue weighted by molar-refractivity contribution is -0.130. The highest BCUT2D eigenvalue weighted by Crippen LogP contribution is 2.17. The lowest BCUT2D eigenvalue weighted by Gasteiger charge is -2.04. The summed E-state index contributed by atoms with van der Waals surface area (Å²) in [6.45, 7) is 5.47. The second-order valence-electron chi connectivity index (χ2n) is 2.80. The highest BCUT2D eigenvalue weighted by atomic mass is 79.9. The Kier molecular flexibility index (Phi) is 3.89. The molecule has 0 unspecified atom stereocenters. The van der Waals surface area contributed by atoms with E-state index < -0.39 is 0 Å². The average Bonchev–Trinajstić information content (AvgIpc) is 2.20. The standard InChI is InChI=1S/C11H11BrO2/c1-3-8(2)11(13)14-10-6-4-9(12)5-7-10/h4-7H,2-3H2,1H3. The van der Waals surface area contributed by atoms with Crippen LogP contribution < -0.4 is 4.74 Å². The van der Waals surface area contributed by atoms with E-state index in [-0.39, 0.29) is 5.97 Å². The van der Waals surface area contributed by atoms with Gasteiger partial charge in [-0.2, -0.15) is 0 Å². The summed E-state index contributed by atoms with van der Waals surface area (Å²) in [5.41, 5.74) is 0.480. The first-order chi connectivity index (χ1) is 6.63. The first-order valence-corrected chi connectivity index (χ1v) is 5.08. The number of rotatable bonds is 3. The molecule has 0 bridgehead atoms. The van der Waals surface area contributed by atoms with Crippen LogP contribution in [0.2, 0.25) is 0 Å². The largest absolute Gasteiger partial charge is 0.423 e. The number of benzene rings is 1. The fraction of sp³-hybridized carbons (Fsp3) is 0.182. The van der Waals surface area contributed by atoms with Gasteiger partial charge in [-0.3, -0.25) is 0 Å². The summed E-state index contributed by atoms with van der Waals surface area (Å²) in [5.74, 6) is 0.169. The van der Waals surface area contributed by atoms with Gasteiger partial charge in [0.25, 0.3) is 0 Å². The predicted octanol–water partition coefficient (Wildman–Crippen LogP) is 3.32. The first-order valence-electron chi connectivity index (χ1n) is 4.29. The molecule has 0 aromatic heterocycles. The van der Waals surface area contributed by atoms with Crippen molar-refractivity contribution in [3.63, 3.8) is 0 Å². The van der Waals surface area contributed by atoms with Gasteiger partial charge in [0.15, 0.2) is 0 Å². The van der Waals surface area contributed by atoms with Crippen molar-refractivity contribution in [1.82, 2.24) is 0 Å². The van der Waals surface area contributed by atoms with Crippen molar-refractivity contribution in [2.75, 3.05) is 0 Å². The quantitative estimate of drug-likeness (QED) is 0.470. The number of halogens is 1. The molecule has 1 aromatic carbocycles. The van der Waals surface area contributed by atoms with Crippen molar-refractivity contribution in [3.8, 4) is 5.75 Å². The van der Waals surface area contributed by atoms with Crippen LogP contribution in [-0.2, 0) is 4.79 Å². The molecule has 1 rings (SSSR count). The molecule has 2 nitrogen and oxygen atoms in total. The summed E-state index contributed by atoms with van der Waals surface area (Å²) >= 11 is 3.30. The van der Waals surface area contributed by atoms with Gasteiger partial charge in [0.05, 0.1) is 0 Å². The number of esters is 1. The molecule has 0 aliphatic carbocycles. The molecule has 0 spiro atoms. The molecule has 0 saturated heterocycles. The van der Waals surface area contributed by atoms with Crippen LogP contribution in [0.1, 0.15) is 13.3 Å². The molecule has 0 saturated carbocycles. The normalized spacial score (nSPS) is 9.57. The third-order valence-corrected chi connectivity index (χ3v) is 2.27. The van der Waals surface area contributed by atoms with Crippen molar-refractivity contribution in [3.05, 3.63) is 40.9 Å². The zero-order chi connectivity index (χ0) is 10.6. The number of hydrogen-bond acceptors (Lipinski definition) is 2. The zero-order valence-electron chi connectivity index (χ0n) is 7.92. The van der Waals surface area contributed by atoms with Crippen molar-refractivity contribution in [2.24, 2.45) is 0 Å². The minimum absolute atomic E-state index is 0.366. The summed E-state index contributed by atoms with van der Waals surface area (Å²) < 4.78 is 6.01. The lowest BCUT2D eigenvalue weighted by atomic mass is 10.2. The van der Waals surface area contributed by atoms with Gasteiger partial charge in [-0.05, 0) is 30.7 Å². The van der Waals surface area contributed by atoms with Gasteiger partial charge in [0.1, 0.15) is 5.75 Å². The second kappa shape index (κ2) is 4.96. The van der Waals surface area contributed by atoms with E-state index in [0.29, 0.717) is 17.7 Å². The minimum Gasteiger partial charge on any atom is -0.423 e. The van der Waals surface area contributed by atoms with Gasteiger partial charge in [-0.15, -0.1) is 0 Å². The van der Waals surface area contributed by atoms with Gasteiger partial charge in [-0.1, -0.05) is 29.4 Å². The van der Waals surface area contributed by atoms with Crippen LogP contribution in [0, 0.1) is 0 Å². The van der Waals surface area contributed by atoms with Gasteiger partial charge in [0.2, 0.25) is 0 Å². The Morgan fingerprint density at radius 1 is 1.43 bits per heavy atom. The third-order valence-electron chi connectivity index (χ3n) is 1.74. The molecule has 0 aliphatic rings. The van der Waals surface area contributed by atoms with Gasteiger partial charge in [-0.25, -0.2) is 4.79 Å². The minimum atomic E-state index is -0.366. The molecule has 3 heteroatoms. The van der Waals surface area contributed by atoms with E-state index in [0.717, 1.165) is 4.47 Å². The molecule has 74 valence electrons. The Morgan fingerprint density at radius 2 is 2.00 bits per heavy atom. The van der Waals surface area contributed by atoms with Crippen LogP contribution in [0.15, 0.2) is 40.9 Å². The maximum Gasteiger partial charge on any atom is 0.338 e. The van der Waals surface area contributed by atoms with E-state index in [1.54, 1.807) is 12.1 Å². The molecule has 0 fully saturated rings. The van der Waals surface area contributed by atoms with E-state index in [4.69, 9.17) is 4.74 Å². The van der Waals surface area contributed by atoms with E-state index >= 15 is 0 Å². The summed E-state index contributed by atoms with van der Waals surface area (Å²) in [6, 6.07) is 7.09. The Hall–Kier alpha value is -1.09. The monoisotopic (exact) mass is 254 g/mol. The average molecular weight is 255 g/mol. The number of carbonyl (C=O) groups excluding carboxylic acids is 1. The van der Waals surface area contributed by atoms with E-state index in [9.17, 15) is 4.79 Å². The first kappa shape index (κ1) is 11.0. The van der Waals surface area contributed by atoms with E-state index in [2.05, 4.69) is 22.5 Å². The number of ether oxygens (including phenoxy) is 1. The van der Waals surface area contributed by atoms with Gasteiger partial charge in [0, 0.05) is 10.0 Å². The molecule has 0 N–H and O–H groups in total. The fourth-order valence-corrected chi connectivity index (χ4v) is 1.09. The van der Waals surface area contributed by atoms with Crippen LogP contribution >= 0.6 is 15.9 Å². The zero-order valence-corrected chi connectivity index (χ0v) is 9.50. The van der Waals surface area contributed by atoms with Crippen LogP contribution in [0.3, 0.4) is 0 Å². The summed E-state index contributed by atoms with van der Waals surface area (Å²) in [7, 11) is 0. The molecule has 0 heterocycles. The van der Waals surface area contributed by atoms with Crippen molar-refractivity contribution in [1.29, 1.82) is 0 Å². The highest BCUT2D eigenvalue weighted by Gasteiger charge is 2.06. The van der Waals surface area contributed by atoms with E-state index in [1.807, 2.05) is 19.1 Å². The maximum absolute atomic E-state index is 11.3. The summed E-state index contributed by atoms with van der Waals surface area (Å²) in [4.78, 5) is 11.3. The predicted molar refractivity (Wildman–Crippen MR) is 59.2 cm³/mol. The van der Waals surface area contributed by atoms with Crippen molar-refractivity contribution in [2.45, 2.75) is 13.3 Å². The molecular weight excluding hydrogens is 244 g/mol. The maximum atomic E-state index is 11.3. The Bertz CT molecular complexity index is 341. The number of carbonyl (C=O) groups is 1. The Balaban J connectivity index is 2.65. The Morgan fingerprint density at radius 3 is 2.50 bits per heavy atom. The van der Waals surface area contributed by atoms with Crippen LogP contribution in [-0.4, -0.2) is 5.97 Å². The van der Waals surface area contributed by atoms with Crippen molar-refractivity contribution < 1.29 is 9.53 Å². The lowest BCUT2D eigenvalue weighted by Crippen LogP contribution is -2.09. The summed E-state index contributed by atoms with van der Waals surface area (Å²) in [5, 5.41) is 0. The van der Waals surface area contributed by atoms with E-state index in [1.165, 1.54) is 0 Å². The topological polar surface area (TPSA) is 26.3 Å². The molecule has 1 aromatic rings. The van der Waals surface area contributed by atoms with Crippen LogP contribution in [0.5, 0.6) is 5.75 Å². The van der Waals surface area contributed by atoms with Gasteiger partial charge < -0.3 is 4.74 Å². The van der Waals surface area contributed by atoms with Gasteiger partial charge >= 0.3 is 5.97 Å². The smallest absolute Gasteiger partial charge is 0.338 e. The Labute approximate surface area is 91.7 Å². The summed E-state index contributed by atoms with van der Waals surface area (Å²) in [6.07, 6.45) is 0.607. The van der Waals surface area contributed by atoms with Crippen molar-refractivity contribution >= 4 is 21.9 Å². The fourth-order valence-electron chi connectivity index (χ4n) is 0.826. The number of hydrogen-bond donors (Lipinski definition) is 0. The SMILES string of the molecule is C=C(CC)C(=O)Oc1ccc(Br)cc1. The molecule has 0 atom stereocenters. The highest BCUT2D eigenvalue weighted by molar-refractivity contribution is 9.10. The third kappa shape index (κ3) is 3.00. The molecule has 0 aliphatic heterocycles. The molecule has 14 heavy (non-hydrogen) atoms. The molecule has 0 amide bonds. The second-order valence-corrected chi connectivity index (χ2v) is 3.72. The molecule has 0 radical (unpaired) electrons. The van der Waals surface area contributed by atoms with Crippen LogP contribution in [0.4, 0.5) is 0 Å². The molecular formula is C11H11BrO2. The van der Waals surface area contributed by atoms with Crippen LogP contribution in [0.25, 0.3) is 0 Å².